The van der Waals surface area contributed by atoms with E-state index >= 15 is 0 Å². The van der Waals surface area contributed by atoms with Crippen molar-refractivity contribution in [2.75, 3.05) is 25.5 Å². The summed E-state index contributed by atoms with van der Waals surface area (Å²) in [7, 11) is 1.59. The maximum atomic E-state index is 13.2. The van der Waals surface area contributed by atoms with E-state index < -0.39 is 23.6 Å². The minimum Gasteiger partial charge on any atom is -0.436 e. The van der Waals surface area contributed by atoms with Gasteiger partial charge in [0, 0.05) is 50.0 Å². The largest absolute Gasteiger partial charge is 0.436 e. The number of rotatable bonds is 6. The fourth-order valence-corrected chi connectivity index (χ4v) is 6.26. The predicted molar refractivity (Wildman–Crippen MR) is 132 cm³/mol. The van der Waals surface area contributed by atoms with Crippen LogP contribution in [0.3, 0.4) is 0 Å². The molecular weight excluding hydrogens is 462 g/mol. The van der Waals surface area contributed by atoms with Crippen molar-refractivity contribution in [1.29, 1.82) is 0 Å². The van der Waals surface area contributed by atoms with Crippen LogP contribution >= 0.6 is 0 Å². The maximum Gasteiger partial charge on any atom is 0.405 e. The first-order valence-corrected chi connectivity index (χ1v) is 12.9. The van der Waals surface area contributed by atoms with Crippen LogP contribution in [0.4, 0.5) is 15.3 Å². The smallest absolute Gasteiger partial charge is 0.405 e. The predicted octanol–water partition coefficient (Wildman–Crippen LogP) is 2.06. The van der Waals surface area contributed by atoms with Crippen LogP contribution in [-0.4, -0.2) is 60.6 Å². The minimum atomic E-state index is -1.01. The van der Waals surface area contributed by atoms with Crippen LogP contribution < -0.4 is 21.7 Å². The molecule has 0 bridgehead atoms. The Labute approximate surface area is 210 Å². The fourth-order valence-electron chi connectivity index (χ4n) is 6.26. The van der Waals surface area contributed by atoms with Gasteiger partial charge in [-0.3, -0.25) is 9.59 Å². The molecule has 3 aliphatic carbocycles. The van der Waals surface area contributed by atoms with Gasteiger partial charge in [0.1, 0.15) is 5.54 Å². The summed E-state index contributed by atoms with van der Waals surface area (Å²) in [4.78, 5) is 52.5. The molecule has 10 heteroatoms. The minimum absolute atomic E-state index is 0.0612. The Balaban J connectivity index is 1.36. The molecule has 1 aliphatic heterocycles. The second-order valence-electron chi connectivity index (χ2n) is 10.9. The fraction of sp³-hybridized carbons (Fsp3) is 0.615. The molecule has 5 amide bonds. The monoisotopic (exact) mass is 497 g/mol. The quantitative estimate of drug-likeness (QED) is 0.476. The summed E-state index contributed by atoms with van der Waals surface area (Å²) < 4.78 is 5.23. The Morgan fingerprint density at radius 3 is 2.53 bits per heavy atom. The topological polar surface area (TPSA) is 143 Å². The molecule has 1 saturated heterocycles. The maximum absolute atomic E-state index is 13.2. The molecule has 1 heterocycles. The van der Waals surface area contributed by atoms with Crippen molar-refractivity contribution in [2.24, 2.45) is 17.1 Å². The number of carbonyl (C=O) groups is 4. The first-order chi connectivity index (χ1) is 17.2. The molecule has 2 atom stereocenters. The lowest BCUT2D eigenvalue weighted by atomic mass is 9.85. The number of urea groups is 1. The van der Waals surface area contributed by atoms with Crippen molar-refractivity contribution in [3.63, 3.8) is 0 Å². The summed E-state index contributed by atoms with van der Waals surface area (Å²) in [6.45, 7) is 1.22. The van der Waals surface area contributed by atoms with E-state index in [4.69, 9.17) is 10.5 Å². The molecule has 36 heavy (non-hydrogen) atoms. The number of primary amides is 1. The lowest BCUT2D eigenvalue weighted by molar-refractivity contribution is -0.132. The van der Waals surface area contributed by atoms with E-state index in [1.807, 2.05) is 12.1 Å². The number of amides is 5. The number of nitrogens with one attached hydrogen (secondary N) is 3. The van der Waals surface area contributed by atoms with Crippen molar-refractivity contribution in [3.8, 4) is 0 Å². The SMILES string of the molecule is CNC(=O)C1(N2CC3(CC3)CNC2=O)Cc2ccc(NC(=O)[C@@H](OC(N)=O)C3CCCCC3)cc2C1. The van der Waals surface area contributed by atoms with Crippen LogP contribution in [0.2, 0.25) is 0 Å². The van der Waals surface area contributed by atoms with Crippen molar-refractivity contribution < 1.29 is 23.9 Å². The standard InChI is InChI=1S/C26H35N5O5/c1-28-22(33)26(31-15-25(9-10-25)14-29-24(31)35)12-17-7-8-19(11-18(17)13-26)30-21(32)20(36-23(27)34)16-5-3-2-4-6-16/h7-8,11,16,20H,2-6,9-10,12-15H2,1H3,(H2,27,34)(H,28,33)(H,29,35)(H,30,32)/t20-,26?/m0/s1. The normalized spacial score (nSPS) is 25.5. The van der Waals surface area contributed by atoms with Gasteiger partial charge >= 0.3 is 12.1 Å². The summed E-state index contributed by atoms with van der Waals surface area (Å²) in [5.74, 6) is -0.652. The molecule has 1 aromatic rings. The average molecular weight is 498 g/mol. The van der Waals surface area contributed by atoms with Gasteiger partial charge in [0.05, 0.1) is 0 Å². The molecule has 3 fully saturated rings. The van der Waals surface area contributed by atoms with Crippen LogP contribution in [0.15, 0.2) is 18.2 Å². The number of hydrogen-bond donors (Lipinski definition) is 4. The van der Waals surface area contributed by atoms with Crippen LogP contribution in [-0.2, 0) is 27.2 Å². The molecule has 194 valence electrons. The third-order valence-electron chi connectivity index (χ3n) is 8.50. The summed E-state index contributed by atoms with van der Waals surface area (Å²) in [5.41, 5.74) is 6.75. The first-order valence-electron chi connectivity index (χ1n) is 12.9. The van der Waals surface area contributed by atoms with Crippen LogP contribution in [0.1, 0.15) is 56.1 Å². The second kappa shape index (κ2) is 9.29. The molecule has 1 unspecified atom stereocenters. The lowest BCUT2D eigenvalue weighted by Gasteiger charge is -2.44. The van der Waals surface area contributed by atoms with Gasteiger partial charge in [-0.25, -0.2) is 9.59 Å². The Bertz CT molecular complexity index is 1080. The molecule has 4 aliphatic rings. The molecule has 5 rings (SSSR count). The molecule has 5 N–H and O–H groups in total. The summed E-state index contributed by atoms with van der Waals surface area (Å²) in [5, 5.41) is 8.65. The van der Waals surface area contributed by atoms with Gasteiger partial charge in [-0.15, -0.1) is 0 Å². The number of ether oxygens (including phenoxy) is 1. The van der Waals surface area contributed by atoms with E-state index in [1.54, 1.807) is 18.0 Å². The van der Waals surface area contributed by atoms with Crippen LogP contribution in [0, 0.1) is 11.3 Å². The van der Waals surface area contributed by atoms with Gasteiger partial charge in [-0.1, -0.05) is 25.3 Å². The summed E-state index contributed by atoms with van der Waals surface area (Å²) in [6, 6.07) is 5.33. The highest BCUT2D eigenvalue weighted by atomic mass is 16.6. The van der Waals surface area contributed by atoms with Gasteiger partial charge < -0.3 is 31.3 Å². The first kappa shape index (κ1) is 24.4. The zero-order valence-corrected chi connectivity index (χ0v) is 20.7. The Morgan fingerprint density at radius 2 is 1.86 bits per heavy atom. The zero-order chi connectivity index (χ0) is 25.5. The molecule has 1 aromatic carbocycles. The lowest BCUT2D eigenvalue weighted by Crippen LogP contribution is -2.67. The van der Waals surface area contributed by atoms with E-state index in [0.29, 0.717) is 31.6 Å². The van der Waals surface area contributed by atoms with E-state index in [-0.39, 0.29) is 23.3 Å². The molecular formula is C26H35N5O5. The highest BCUT2D eigenvalue weighted by molar-refractivity contribution is 5.96. The van der Waals surface area contributed by atoms with Crippen LogP contribution in [0.25, 0.3) is 0 Å². The number of fused-ring (bicyclic) bond motifs is 1. The van der Waals surface area contributed by atoms with Gasteiger partial charge in [0.25, 0.3) is 5.91 Å². The molecule has 0 aromatic heterocycles. The van der Waals surface area contributed by atoms with E-state index in [2.05, 4.69) is 16.0 Å². The third-order valence-corrected chi connectivity index (χ3v) is 8.50. The van der Waals surface area contributed by atoms with Gasteiger partial charge in [0.2, 0.25) is 5.91 Å². The molecule has 1 spiro atoms. The molecule has 10 nitrogen and oxygen atoms in total. The second-order valence-corrected chi connectivity index (χ2v) is 10.9. The van der Waals surface area contributed by atoms with E-state index in [0.717, 1.165) is 56.1 Å². The third kappa shape index (κ3) is 4.49. The highest BCUT2D eigenvalue weighted by Gasteiger charge is 2.57. The Hall–Kier alpha value is -3.30. The number of hydrogen-bond acceptors (Lipinski definition) is 5. The Morgan fingerprint density at radius 1 is 1.14 bits per heavy atom. The highest BCUT2D eigenvalue weighted by Crippen LogP contribution is 2.49. The summed E-state index contributed by atoms with van der Waals surface area (Å²) in [6.07, 6.45) is 5.67. The van der Waals surface area contributed by atoms with Crippen molar-refractivity contribution in [2.45, 2.75) is 69.4 Å². The number of carbonyl (C=O) groups excluding carboxylic acids is 4. The number of nitrogens with zero attached hydrogens (tertiary/aromatic N) is 1. The summed E-state index contributed by atoms with van der Waals surface area (Å²) >= 11 is 0. The number of benzene rings is 1. The van der Waals surface area contributed by atoms with Gasteiger partial charge in [-0.05, 0) is 48.9 Å². The molecule has 0 radical (unpaired) electrons. The van der Waals surface area contributed by atoms with Gasteiger partial charge in [-0.2, -0.15) is 0 Å². The van der Waals surface area contributed by atoms with Crippen molar-refractivity contribution >= 4 is 29.6 Å². The number of likely N-dealkylation sites (N-methyl/N-ethyl adjacent to an activating group) is 1. The average Bonchev–Trinajstić information content (AvgIpc) is 3.52. The van der Waals surface area contributed by atoms with Gasteiger partial charge in [0.15, 0.2) is 6.10 Å². The van der Waals surface area contributed by atoms with Crippen molar-refractivity contribution in [1.82, 2.24) is 15.5 Å². The van der Waals surface area contributed by atoms with Crippen LogP contribution in [0.5, 0.6) is 0 Å². The van der Waals surface area contributed by atoms with E-state index in [9.17, 15) is 19.2 Å². The Kier molecular flexibility index (Phi) is 6.30. The number of nitrogens with two attached hydrogens (primary N) is 1. The number of anilines is 1. The zero-order valence-electron chi connectivity index (χ0n) is 20.7. The van der Waals surface area contributed by atoms with Crippen molar-refractivity contribution in [3.05, 3.63) is 29.3 Å². The molecule has 2 saturated carbocycles. The van der Waals surface area contributed by atoms with E-state index in [1.165, 1.54) is 0 Å².